The number of rotatable bonds is 8. The van der Waals surface area contributed by atoms with Crippen LogP contribution in [-0.2, 0) is 17.6 Å². The van der Waals surface area contributed by atoms with Gasteiger partial charge in [0.1, 0.15) is 16.3 Å². The van der Waals surface area contributed by atoms with Gasteiger partial charge in [-0.15, -0.1) is 11.3 Å². The van der Waals surface area contributed by atoms with Gasteiger partial charge in [-0.2, -0.15) is 5.10 Å². The lowest BCUT2D eigenvalue weighted by molar-refractivity contribution is -0.118. The molecule has 2 N–H and O–H groups in total. The van der Waals surface area contributed by atoms with E-state index in [0.29, 0.717) is 34.1 Å². The molecule has 0 saturated carbocycles. The Kier molecular flexibility index (Phi) is 7.80. The number of thioether (sulfide) groups is 1. The maximum atomic E-state index is 13.9. The third-order valence-corrected chi connectivity index (χ3v) is 8.46. The van der Waals surface area contributed by atoms with Crippen molar-refractivity contribution in [3.8, 4) is 17.2 Å². The van der Waals surface area contributed by atoms with Crippen LogP contribution in [0.5, 0.6) is 11.5 Å². The third kappa shape index (κ3) is 5.32. The number of para-hydroxylation sites is 1. The molecule has 4 aromatic rings. The molecule has 0 bridgehead atoms. The maximum absolute atomic E-state index is 13.9. The van der Waals surface area contributed by atoms with E-state index < -0.39 is 0 Å². The number of aromatic hydroxyl groups is 1. The second kappa shape index (κ2) is 11.4. The average Bonchev–Trinajstić information content (AvgIpc) is 3.30. The molecule has 1 aliphatic carbocycles. The van der Waals surface area contributed by atoms with E-state index in [0.717, 1.165) is 41.8 Å². The summed E-state index contributed by atoms with van der Waals surface area (Å²) >= 11 is 2.77. The number of nitrogens with zero attached hydrogens (tertiary/aromatic N) is 3. The van der Waals surface area contributed by atoms with Crippen LogP contribution in [0.2, 0.25) is 0 Å². The second-order valence-electron chi connectivity index (χ2n) is 8.89. The molecule has 1 aliphatic rings. The van der Waals surface area contributed by atoms with E-state index in [2.05, 4.69) is 10.5 Å². The first-order valence-corrected chi connectivity index (χ1v) is 14.3. The second-order valence-corrected chi connectivity index (χ2v) is 10.9. The maximum Gasteiger partial charge on any atom is 0.267 e. The van der Waals surface area contributed by atoms with Crippen LogP contribution in [-0.4, -0.2) is 38.6 Å². The fourth-order valence-electron chi connectivity index (χ4n) is 4.52. The number of hydrazone groups is 1. The number of amides is 1. The Morgan fingerprint density at radius 2 is 1.95 bits per heavy atom. The molecule has 0 atom stereocenters. The summed E-state index contributed by atoms with van der Waals surface area (Å²) in [5.74, 6) is 0.477. The minimum atomic E-state index is -0.345. The fourth-order valence-corrected chi connectivity index (χ4v) is 6.62. The molecule has 10 heteroatoms. The quantitative estimate of drug-likeness (QED) is 0.138. The van der Waals surface area contributed by atoms with Gasteiger partial charge in [0.15, 0.2) is 5.16 Å². The standard InChI is InChI=1S/C28H28N4O4S2/c1-3-36-19-14-12-18(13-15-19)32-27(35)25-21-9-5-7-11-23(21)38-26(25)29-28(32)37-16-24(34)31-30-17(2)20-8-4-6-10-22(20)33/h4,6,8,10,12-15,33H,3,5,7,9,11,16H2,1-2H3,(H,31,34)/b30-17+. The Morgan fingerprint density at radius 3 is 2.71 bits per heavy atom. The lowest BCUT2D eigenvalue weighted by atomic mass is 9.97. The summed E-state index contributed by atoms with van der Waals surface area (Å²) in [5.41, 5.74) is 5.23. The van der Waals surface area contributed by atoms with Crippen molar-refractivity contribution in [2.45, 2.75) is 44.7 Å². The van der Waals surface area contributed by atoms with Gasteiger partial charge in [0.05, 0.1) is 29.1 Å². The van der Waals surface area contributed by atoms with Gasteiger partial charge in [0.2, 0.25) is 0 Å². The molecule has 1 amide bonds. The number of carbonyl (C=O) groups excluding carboxylic acids is 1. The highest BCUT2D eigenvalue weighted by molar-refractivity contribution is 7.99. The molecular formula is C28H28N4O4S2. The summed E-state index contributed by atoms with van der Waals surface area (Å²) in [6.07, 6.45) is 4.05. The Bertz CT molecular complexity index is 1570. The summed E-state index contributed by atoms with van der Waals surface area (Å²) in [6.45, 7) is 4.18. The van der Waals surface area contributed by atoms with Crippen molar-refractivity contribution >= 4 is 44.9 Å². The summed E-state index contributed by atoms with van der Waals surface area (Å²) in [4.78, 5) is 33.4. The molecule has 0 fully saturated rings. The zero-order chi connectivity index (χ0) is 26.6. The number of phenolic OH excluding ortho intramolecular Hbond substituents is 1. The zero-order valence-corrected chi connectivity index (χ0v) is 22.8. The summed E-state index contributed by atoms with van der Waals surface area (Å²) < 4.78 is 7.16. The zero-order valence-electron chi connectivity index (χ0n) is 21.2. The number of nitrogens with one attached hydrogen (secondary N) is 1. The van der Waals surface area contributed by atoms with Crippen LogP contribution in [0.4, 0.5) is 0 Å². The highest BCUT2D eigenvalue weighted by Crippen LogP contribution is 2.35. The van der Waals surface area contributed by atoms with E-state index in [-0.39, 0.29) is 23.0 Å². The van der Waals surface area contributed by atoms with Crippen molar-refractivity contribution in [2.24, 2.45) is 5.10 Å². The number of fused-ring (bicyclic) bond motifs is 3. The fraction of sp³-hybridized carbons (Fsp3) is 0.286. The smallest absolute Gasteiger partial charge is 0.267 e. The van der Waals surface area contributed by atoms with Crippen molar-refractivity contribution in [3.05, 3.63) is 74.9 Å². The van der Waals surface area contributed by atoms with Crippen molar-refractivity contribution in [1.29, 1.82) is 0 Å². The molecule has 0 spiro atoms. The van der Waals surface area contributed by atoms with Crippen LogP contribution in [0.25, 0.3) is 15.9 Å². The molecule has 38 heavy (non-hydrogen) atoms. The minimum Gasteiger partial charge on any atom is -0.507 e. The van der Waals surface area contributed by atoms with Crippen molar-refractivity contribution < 1.29 is 14.6 Å². The van der Waals surface area contributed by atoms with E-state index in [1.54, 1.807) is 47.1 Å². The minimum absolute atomic E-state index is 0.0115. The predicted molar refractivity (Wildman–Crippen MR) is 152 cm³/mol. The number of aromatic nitrogens is 2. The van der Waals surface area contributed by atoms with Gasteiger partial charge in [-0.3, -0.25) is 14.2 Å². The van der Waals surface area contributed by atoms with E-state index in [4.69, 9.17) is 9.72 Å². The molecule has 0 saturated heterocycles. The normalized spacial score (nSPS) is 13.4. The highest BCUT2D eigenvalue weighted by Gasteiger charge is 2.23. The van der Waals surface area contributed by atoms with Gasteiger partial charge in [0.25, 0.3) is 11.5 Å². The number of aryl methyl sites for hydroxylation is 2. The number of hydrogen-bond donors (Lipinski definition) is 2. The van der Waals surface area contributed by atoms with Gasteiger partial charge in [-0.05, 0) is 81.5 Å². The van der Waals surface area contributed by atoms with Crippen LogP contribution < -0.4 is 15.7 Å². The number of carbonyl (C=O) groups is 1. The van der Waals surface area contributed by atoms with E-state index in [9.17, 15) is 14.7 Å². The van der Waals surface area contributed by atoms with Gasteiger partial charge in [-0.25, -0.2) is 10.4 Å². The van der Waals surface area contributed by atoms with Crippen molar-refractivity contribution in [2.75, 3.05) is 12.4 Å². The molecule has 2 heterocycles. The molecular weight excluding hydrogens is 520 g/mol. The molecule has 5 rings (SSSR count). The SMILES string of the molecule is CCOc1ccc(-n2c(SCC(=O)N/N=C(\C)c3ccccc3O)nc3sc4c(c3c2=O)CCCC4)cc1. The topological polar surface area (TPSA) is 106 Å². The Morgan fingerprint density at radius 1 is 1.18 bits per heavy atom. The monoisotopic (exact) mass is 548 g/mol. The number of benzene rings is 2. The average molecular weight is 549 g/mol. The molecule has 0 aliphatic heterocycles. The Hall–Kier alpha value is -3.63. The number of hydrogen-bond acceptors (Lipinski definition) is 8. The van der Waals surface area contributed by atoms with Gasteiger partial charge in [-0.1, -0.05) is 23.9 Å². The Labute approximate surface area is 228 Å². The number of phenols is 1. The number of thiophene rings is 1. The molecule has 8 nitrogen and oxygen atoms in total. The largest absolute Gasteiger partial charge is 0.507 e. The van der Waals surface area contributed by atoms with E-state index in [1.165, 1.54) is 16.6 Å². The summed E-state index contributed by atoms with van der Waals surface area (Å²) in [6, 6.07) is 14.1. The van der Waals surface area contributed by atoms with E-state index in [1.807, 2.05) is 31.2 Å². The van der Waals surface area contributed by atoms with Gasteiger partial charge in [0, 0.05) is 10.4 Å². The highest BCUT2D eigenvalue weighted by atomic mass is 32.2. The van der Waals surface area contributed by atoms with E-state index >= 15 is 0 Å². The third-order valence-electron chi connectivity index (χ3n) is 6.34. The summed E-state index contributed by atoms with van der Waals surface area (Å²) in [7, 11) is 0. The van der Waals surface area contributed by atoms with Crippen molar-refractivity contribution in [1.82, 2.24) is 15.0 Å². The first-order valence-electron chi connectivity index (χ1n) is 12.5. The molecule has 0 unspecified atom stereocenters. The van der Waals surface area contributed by atoms with Crippen LogP contribution in [0.3, 0.4) is 0 Å². The van der Waals surface area contributed by atoms with Gasteiger partial charge >= 0.3 is 0 Å². The molecule has 196 valence electrons. The lowest BCUT2D eigenvalue weighted by Gasteiger charge is -2.14. The van der Waals surface area contributed by atoms with Crippen LogP contribution in [0, 0.1) is 0 Å². The first-order chi connectivity index (χ1) is 18.5. The van der Waals surface area contributed by atoms with Gasteiger partial charge < -0.3 is 9.84 Å². The lowest BCUT2D eigenvalue weighted by Crippen LogP contribution is -2.24. The first kappa shape index (κ1) is 26.0. The predicted octanol–water partition coefficient (Wildman–Crippen LogP) is 5.06. The summed E-state index contributed by atoms with van der Waals surface area (Å²) in [5, 5.41) is 15.3. The van der Waals surface area contributed by atoms with Crippen molar-refractivity contribution in [3.63, 3.8) is 0 Å². The molecule has 2 aromatic carbocycles. The molecule has 2 aromatic heterocycles. The van der Waals surface area contributed by atoms with Crippen LogP contribution in [0.15, 0.2) is 63.6 Å². The van der Waals surface area contributed by atoms with Crippen LogP contribution in [0.1, 0.15) is 42.7 Å². The Balaban J connectivity index is 1.45. The van der Waals surface area contributed by atoms with Crippen LogP contribution >= 0.6 is 23.1 Å². The molecule has 0 radical (unpaired) electrons. The number of ether oxygens (including phenoxy) is 1.